The first-order valence-electron chi connectivity index (χ1n) is 7.25. The van der Waals surface area contributed by atoms with Crippen LogP contribution in [0.5, 0.6) is 0 Å². The molecule has 0 aromatic carbocycles. The van der Waals surface area contributed by atoms with Crippen LogP contribution in [0.2, 0.25) is 0 Å². The number of fused-ring (bicyclic) bond motifs is 1. The van der Waals surface area contributed by atoms with Gasteiger partial charge in [-0.3, -0.25) is 0 Å². The van der Waals surface area contributed by atoms with Gasteiger partial charge in [-0.15, -0.1) is 11.3 Å². The van der Waals surface area contributed by atoms with Crippen LogP contribution in [-0.4, -0.2) is 14.5 Å². The topological polar surface area (TPSA) is 56.7 Å². The molecule has 3 aromatic heterocycles. The minimum absolute atomic E-state index is 0.179. The number of aromatic nitrogens is 3. The maximum atomic E-state index is 6.39. The lowest BCUT2D eigenvalue weighted by Gasteiger charge is -2.35. The zero-order valence-corrected chi connectivity index (χ0v) is 13.1. The number of thiazole rings is 1. The zero-order valence-electron chi connectivity index (χ0n) is 12.3. The van der Waals surface area contributed by atoms with Crippen LogP contribution >= 0.6 is 11.3 Å². The minimum atomic E-state index is -0.179. The second kappa shape index (κ2) is 4.39. The number of rotatable bonds is 2. The van der Waals surface area contributed by atoms with Gasteiger partial charge in [-0.05, 0) is 38.3 Å². The van der Waals surface area contributed by atoms with Crippen LogP contribution in [-0.2, 0) is 12.6 Å². The Morgan fingerprint density at radius 2 is 2.14 bits per heavy atom. The molecule has 3 aromatic rings. The van der Waals surface area contributed by atoms with Gasteiger partial charge >= 0.3 is 0 Å². The Balaban J connectivity index is 1.85. The van der Waals surface area contributed by atoms with Crippen LogP contribution in [0.4, 0.5) is 0 Å². The van der Waals surface area contributed by atoms with Crippen molar-refractivity contribution < 1.29 is 0 Å². The molecule has 0 saturated heterocycles. The molecule has 1 fully saturated rings. The number of nitrogens with two attached hydrogens (primary N) is 1. The van der Waals surface area contributed by atoms with Gasteiger partial charge in [-0.25, -0.2) is 9.97 Å². The third-order valence-corrected chi connectivity index (χ3v) is 5.86. The van der Waals surface area contributed by atoms with E-state index in [2.05, 4.69) is 40.6 Å². The summed E-state index contributed by atoms with van der Waals surface area (Å²) >= 11 is 1.73. The molecule has 0 unspecified atom stereocenters. The molecule has 21 heavy (non-hydrogen) atoms. The molecular weight excluding hydrogens is 280 g/mol. The normalized spacial score (nSPS) is 17.1. The first-order chi connectivity index (χ1) is 10.1. The molecule has 0 amide bonds. The van der Waals surface area contributed by atoms with Crippen LogP contribution in [0.15, 0.2) is 24.5 Å². The smallest absolute Gasteiger partial charge is 0.140 e. The first kappa shape index (κ1) is 13.0. The quantitative estimate of drug-likeness (QED) is 0.789. The number of hydrogen-bond donors (Lipinski definition) is 1. The molecule has 4 nitrogen and oxygen atoms in total. The van der Waals surface area contributed by atoms with Crippen molar-refractivity contribution in [2.45, 2.75) is 31.7 Å². The largest absolute Gasteiger partial charge is 0.333 e. The van der Waals surface area contributed by atoms with Crippen molar-refractivity contribution in [3.63, 3.8) is 0 Å². The lowest BCUT2D eigenvalue weighted by molar-refractivity contribution is 0.253. The Hall–Kier alpha value is -1.72. The van der Waals surface area contributed by atoms with Gasteiger partial charge in [0, 0.05) is 36.1 Å². The average molecular weight is 298 g/mol. The fourth-order valence-electron chi connectivity index (χ4n) is 2.96. The summed E-state index contributed by atoms with van der Waals surface area (Å²) in [5.74, 6) is 0. The Labute approximate surface area is 127 Å². The molecule has 0 bridgehead atoms. The second-order valence-corrected chi connectivity index (χ2v) is 7.01. The van der Waals surface area contributed by atoms with Crippen LogP contribution in [0, 0.1) is 6.92 Å². The molecule has 4 rings (SSSR count). The van der Waals surface area contributed by atoms with Crippen molar-refractivity contribution >= 4 is 22.4 Å². The molecule has 0 atom stereocenters. The predicted molar refractivity (Wildman–Crippen MR) is 86.3 cm³/mol. The highest BCUT2D eigenvalue weighted by Crippen LogP contribution is 2.43. The van der Waals surface area contributed by atoms with E-state index in [1.807, 2.05) is 12.4 Å². The van der Waals surface area contributed by atoms with Gasteiger partial charge in [-0.1, -0.05) is 0 Å². The summed E-state index contributed by atoms with van der Waals surface area (Å²) < 4.78 is 2.12. The summed E-state index contributed by atoms with van der Waals surface area (Å²) in [6.45, 7) is 2.10. The van der Waals surface area contributed by atoms with Crippen LogP contribution in [0.1, 0.15) is 30.0 Å². The van der Waals surface area contributed by atoms with Crippen molar-refractivity contribution in [3.8, 4) is 10.4 Å². The number of aryl methyl sites for hydroxylation is 2. The molecular formula is C16H18N4S. The monoisotopic (exact) mass is 298 g/mol. The lowest BCUT2D eigenvalue weighted by Crippen LogP contribution is -2.43. The molecule has 1 saturated carbocycles. The van der Waals surface area contributed by atoms with Gasteiger partial charge in [0.1, 0.15) is 10.7 Å². The highest BCUT2D eigenvalue weighted by molar-refractivity contribution is 7.15. The maximum Gasteiger partial charge on any atom is 0.140 e. The van der Waals surface area contributed by atoms with E-state index < -0.39 is 0 Å². The van der Waals surface area contributed by atoms with E-state index >= 15 is 0 Å². The van der Waals surface area contributed by atoms with E-state index in [-0.39, 0.29) is 5.54 Å². The van der Waals surface area contributed by atoms with Crippen molar-refractivity contribution in [2.24, 2.45) is 12.8 Å². The zero-order chi connectivity index (χ0) is 14.6. The molecule has 0 radical (unpaired) electrons. The molecule has 3 heterocycles. The van der Waals surface area contributed by atoms with E-state index in [1.54, 1.807) is 11.3 Å². The standard InChI is InChI=1S/C16H18N4S/c1-10-8-12-11(4-7-18-14(12)20(10)2)13-9-19-15(21-13)16(17)5-3-6-16/h4,7-9H,3,5-6,17H2,1-2H3. The Kier molecular flexibility index (Phi) is 2.71. The summed E-state index contributed by atoms with van der Waals surface area (Å²) in [5.41, 5.74) is 9.64. The second-order valence-electron chi connectivity index (χ2n) is 5.98. The van der Waals surface area contributed by atoms with Crippen LogP contribution in [0.25, 0.3) is 21.5 Å². The van der Waals surface area contributed by atoms with Crippen LogP contribution in [0.3, 0.4) is 0 Å². The molecule has 2 N–H and O–H groups in total. The maximum absolute atomic E-state index is 6.39. The number of hydrogen-bond acceptors (Lipinski definition) is 4. The van der Waals surface area contributed by atoms with Crippen LogP contribution < -0.4 is 5.73 Å². The molecule has 0 spiro atoms. The minimum Gasteiger partial charge on any atom is -0.333 e. The lowest BCUT2D eigenvalue weighted by atomic mass is 9.78. The third kappa shape index (κ3) is 1.84. The Bertz CT molecular complexity index is 826. The van der Waals surface area contributed by atoms with E-state index in [4.69, 9.17) is 5.73 Å². The summed E-state index contributed by atoms with van der Waals surface area (Å²) in [4.78, 5) is 10.3. The van der Waals surface area contributed by atoms with E-state index in [0.29, 0.717) is 0 Å². The third-order valence-electron chi connectivity index (χ3n) is 4.61. The fourth-order valence-corrected chi connectivity index (χ4v) is 4.07. The SMILES string of the molecule is Cc1cc2c(-c3cnc(C4(N)CCC4)s3)ccnc2n1C. The number of pyridine rings is 1. The Morgan fingerprint density at radius 3 is 2.86 bits per heavy atom. The van der Waals surface area contributed by atoms with Gasteiger partial charge in [0.2, 0.25) is 0 Å². The average Bonchev–Trinajstić information content (AvgIpc) is 3.03. The van der Waals surface area contributed by atoms with Crippen molar-refractivity contribution in [2.75, 3.05) is 0 Å². The molecule has 108 valence electrons. The van der Waals surface area contributed by atoms with Crippen molar-refractivity contribution in [3.05, 3.63) is 35.2 Å². The van der Waals surface area contributed by atoms with Crippen molar-refractivity contribution in [1.82, 2.24) is 14.5 Å². The number of nitrogens with zero attached hydrogens (tertiary/aromatic N) is 3. The van der Waals surface area contributed by atoms with E-state index in [0.717, 1.165) is 23.5 Å². The van der Waals surface area contributed by atoms with Gasteiger partial charge in [-0.2, -0.15) is 0 Å². The Morgan fingerprint density at radius 1 is 1.33 bits per heavy atom. The predicted octanol–water partition coefficient (Wildman–Crippen LogP) is 3.34. The summed E-state index contributed by atoms with van der Waals surface area (Å²) in [6.07, 6.45) is 7.15. The molecule has 0 aliphatic heterocycles. The van der Waals surface area contributed by atoms with E-state index in [1.165, 1.54) is 27.9 Å². The highest BCUT2D eigenvalue weighted by atomic mass is 32.1. The van der Waals surface area contributed by atoms with Gasteiger partial charge in [0.25, 0.3) is 0 Å². The highest BCUT2D eigenvalue weighted by Gasteiger charge is 2.37. The summed E-state index contributed by atoms with van der Waals surface area (Å²) in [5, 5.41) is 2.26. The molecule has 1 aliphatic rings. The molecule has 1 aliphatic carbocycles. The fraction of sp³-hybridized carbons (Fsp3) is 0.375. The van der Waals surface area contributed by atoms with Gasteiger partial charge in [0.05, 0.1) is 10.4 Å². The van der Waals surface area contributed by atoms with E-state index in [9.17, 15) is 0 Å². The first-order valence-corrected chi connectivity index (χ1v) is 8.07. The summed E-state index contributed by atoms with van der Waals surface area (Å²) in [6, 6.07) is 4.27. The van der Waals surface area contributed by atoms with Gasteiger partial charge < -0.3 is 10.3 Å². The molecule has 5 heteroatoms. The summed E-state index contributed by atoms with van der Waals surface area (Å²) in [7, 11) is 2.05. The van der Waals surface area contributed by atoms with Crippen molar-refractivity contribution in [1.29, 1.82) is 0 Å². The van der Waals surface area contributed by atoms with Gasteiger partial charge in [0.15, 0.2) is 0 Å².